The fourth-order valence-electron chi connectivity index (χ4n) is 0. The van der Waals surface area contributed by atoms with E-state index in [0.29, 0.717) is 0 Å². The molecule has 0 saturated heterocycles. The molecule has 4 heavy (non-hydrogen) atoms. The van der Waals surface area contributed by atoms with Crippen LogP contribution < -0.4 is 0 Å². The van der Waals surface area contributed by atoms with Crippen LogP contribution >= 0.6 is 9.80 Å². The van der Waals surface area contributed by atoms with E-state index in [2.05, 4.69) is 9.80 Å². The Morgan fingerprint density at radius 1 is 1.25 bits per heavy atom. The molecule has 0 atom stereocenters. The fraction of sp³-hybridized carbons (Fsp3) is 0. The van der Waals surface area contributed by atoms with Crippen molar-refractivity contribution in [3.8, 4) is 0 Å². The molecule has 0 bridgehead atoms. The number of hydrogen-bond acceptors (Lipinski definition) is 0. The molecule has 0 aliphatic carbocycles. The molecule has 0 amide bonds. The summed E-state index contributed by atoms with van der Waals surface area (Å²) in [6.45, 7) is 0. The molecule has 0 unspecified atom stereocenters. The predicted molar refractivity (Wildman–Crippen MR) is 22.4 cm³/mol. The number of halogens is 1. The third-order valence-corrected chi connectivity index (χ3v) is 0. The molecule has 0 heterocycles. The molecule has 1 nitrogen and oxygen atoms in total. The van der Waals surface area contributed by atoms with Crippen LogP contribution in [-0.2, 0) is 0 Å². The molecule has 0 spiro atoms. The van der Waals surface area contributed by atoms with Gasteiger partial charge in [0.05, 0.1) is 0 Å². The summed E-state index contributed by atoms with van der Waals surface area (Å²) in [6, 6.07) is 0. The molecule has 0 aromatic rings. The second-order valence-corrected chi connectivity index (χ2v) is 0. The van der Waals surface area contributed by atoms with Gasteiger partial charge in [-0.1, -0.05) is 0 Å². The first-order chi connectivity index (χ1) is 1.00. The summed E-state index contributed by atoms with van der Waals surface area (Å²) in [5, 5.41) is 0. The van der Waals surface area contributed by atoms with Crippen molar-refractivity contribution >= 4 is 45.4 Å². The first-order valence-corrected chi connectivity index (χ1v) is 1.13. The Bertz CT molecular complexity index is 6.00. The quantitative estimate of drug-likeness (QED) is 0.321. The van der Waals surface area contributed by atoms with Gasteiger partial charge >= 0.3 is 45.4 Å². The van der Waals surface area contributed by atoms with Crippen LogP contribution in [0.15, 0.2) is 0 Å². The minimum absolute atomic E-state index is 0. The summed E-state index contributed by atoms with van der Waals surface area (Å²) in [5.74, 6) is 0. The second-order valence-electron chi connectivity index (χ2n) is 0. The van der Waals surface area contributed by atoms with E-state index >= 15 is 0 Å². The Kier molecular flexibility index (Phi) is 114. The molecule has 0 saturated carbocycles. The van der Waals surface area contributed by atoms with Gasteiger partial charge in [-0.25, -0.2) is 0 Å². The van der Waals surface area contributed by atoms with Gasteiger partial charge in [-0.05, 0) is 0 Å². The Labute approximate surface area is 50.9 Å². The predicted octanol–water partition coefficient (Wildman–Crippen LogP) is -1.16. The normalized spacial score (nSPS) is 1.75. The van der Waals surface area contributed by atoms with Crippen LogP contribution in [0.2, 0.25) is 0 Å². The summed E-state index contributed by atoms with van der Waals surface area (Å²) in [7, 11) is 4.64. The minimum atomic E-state index is 0. The van der Waals surface area contributed by atoms with Gasteiger partial charge < -0.3 is 5.48 Å². The zero-order valence-electron chi connectivity index (χ0n) is 1.88. The first kappa shape index (κ1) is 18.0. The molecule has 0 radical (unpaired) electrons. The van der Waals surface area contributed by atoms with Gasteiger partial charge in [-0.2, -0.15) is 0 Å². The summed E-state index contributed by atoms with van der Waals surface area (Å²) < 4.78 is 0. The van der Waals surface area contributed by atoms with Crippen LogP contribution in [0.4, 0.5) is 0 Å². The van der Waals surface area contributed by atoms with Gasteiger partial charge in [0.2, 0.25) is 0 Å². The molecule has 4 heteroatoms. The van der Waals surface area contributed by atoms with E-state index < -0.39 is 0 Å². The third-order valence-electron chi connectivity index (χ3n) is 0. The van der Waals surface area contributed by atoms with Crippen LogP contribution in [0.5, 0.6) is 0 Å². The van der Waals surface area contributed by atoms with Gasteiger partial charge in [0, 0.05) is 0 Å². The van der Waals surface area contributed by atoms with Crippen molar-refractivity contribution in [2.75, 3.05) is 0 Å². The van der Waals surface area contributed by atoms with E-state index in [4.69, 9.17) is 0 Å². The standard InChI is InChI=1S/ClH.2Li.H2O.H/h1H;;;1H2;/q;;+1;;/p-1. The van der Waals surface area contributed by atoms with Crippen molar-refractivity contribution in [2.45, 2.75) is 0 Å². The van der Waals surface area contributed by atoms with E-state index in [1.807, 2.05) is 0 Å². The summed E-state index contributed by atoms with van der Waals surface area (Å²) >= 11 is 1.47. The Hall–Kier alpha value is 1.44. The Morgan fingerprint density at radius 3 is 1.25 bits per heavy atom. The molecule has 0 aromatic carbocycles. The summed E-state index contributed by atoms with van der Waals surface area (Å²) in [4.78, 5) is 0. The van der Waals surface area contributed by atoms with Crippen LogP contribution in [0.3, 0.4) is 0 Å². The molecule has 18 valence electrons. The monoisotopic (exact) mass is 68.0 g/mol. The van der Waals surface area contributed by atoms with Crippen LogP contribution in [0.1, 0.15) is 0 Å². The van der Waals surface area contributed by atoms with Crippen LogP contribution in [-0.4, -0.2) is 41.1 Å². The summed E-state index contributed by atoms with van der Waals surface area (Å²) in [5.41, 5.74) is 0. The maximum absolute atomic E-state index is 4.64. The van der Waals surface area contributed by atoms with Crippen molar-refractivity contribution in [2.24, 2.45) is 0 Å². The third kappa shape index (κ3) is 9.86. The van der Waals surface area contributed by atoms with Gasteiger partial charge in [-0.3, -0.25) is 0 Å². The van der Waals surface area contributed by atoms with Crippen molar-refractivity contribution in [1.29, 1.82) is 0 Å². The van der Waals surface area contributed by atoms with Crippen molar-refractivity contribution < 1.29 is 5.48 Å². The van der Waals surface area contributed by atoms with Crippen molar-refractivity contribution in [1.82, 2.24) is 0 Å². The van der Waals surface area contributed by atoms with Crippen LogP contribution in [0.25, 0.3) is 0 Å². The van der Waals surface area contributed by atoms with Crippen molar-refractivity contribution in [3.63, 3.8) is 0 Å². The van der Waals surface area contributed by atoms with Crippen LogP contribution in [0, 0.1) is 0 Å². The summed E-state index contributed by atoms with van der Waals surface area (Å²) in [6.07, 6.45) is 0. The van der Waals surface area contributed by atoms with Gasteiger partial charge in [-0.15, -0.1) is 0 Å². The molecular formula is H3ClLi2O. The van der Waals surface area contributed by atoms with E-state index in [0.717, 1.165) is 0 Å². The molecule has 2 N–H and O–H groups in total. The number of hydrogen-bond donors (Lipinski definition) is 0. The van der Waals surface area contributed by atoms with E-state index in [9.17, 15) is 0 Å². The molecule has 0 fully saturated rings. The average Bonchev–Trinajstić information content (AvgIpc) is 1.00. The van der Waals surface area contributed by atoms with E-state index in [1.54, 1.807) is 0 Å². The Morgan fingerprint density at radius 2 is 1.25 bits per heavy atom. The van der Waals surface area contributed by atoms with Crippen molar-refractivity contribution in [3.05, 3.63) is 0 Å². The molecule has 0 aliphatic heterocycles. The Balaban J connectivity index is -0.00000000500. The SMILES string of the molecule is O.[LiH].[Li][Cl]. The topological polar surface area (TPSA) is 31.5 Å². The van der Waals surface area contributed by atoms with E-state index in [-0.39, 0.29) is 24.3 Å². The second kappa shape index (κ2) is 25.3. The van der Waals surface area contributed by atoms with Gasteiger partial charge in [0.15, 0.2) is 0 Å². The average molecular weight is 68.4 g/mol. The molecular weight excluding hydrogens is 65.3 g/mol. The van der Waals surface area contributed by atoms with Gasteiger partial charge in [0.25, 0.3) is 0 Å². The van der Waals surface area contributed by atoms with Gasteiger partial charge in [0.1, 0.15) is 0 Å². The maximum atomic E-state index is 4.64. The van der Waals surface area contributed by atoms with E-state index in [1.165, 1.54) is 16.7 Å². The molecule has 0 aliphatic rings. The zero-order valence-corrected chi connectivity index (χ0v) is 2.63. The number of rotatable bonds is 0. The fourth-order valence-corrected chi connectivity index (χ4v) is 0. The molecule has 0 aromatic heterocycles. The molecule has 0 rings (SSSR count). The zero-order chi connectivity index (χ0) is 2.00. The first-order valence-electron chi connectivity index (χ1n) is 0.378.